The molecule has 0 spiro atoms. The van der Waals surface area contributed by atoms with Crippen molar-refractivity contribution in [3.63, 3.8) is 0 Å². The van der Waals surface area contributed by atoms with Crippen molar-refractivity contribution in [2.45, 2.75) is 184 Å². The second kappa shape index (κ2) is 29.2. The van der Waals surface area contributed by atoms with Crippen LogP contribution in [-0.2, 0) is 23.7 Å². The van der Waals surface area contributed by atoms with E-state index in [1.54, 1.807) is 6.08 Å². The van der Waals surface area contributed by atoms with Crippen molar-refractivity contribution in [3.05, 3.63) is 48.6 Å². The number of carbonyl (C=O) groups excluding carboxylic acids is 1. The van der Waals surface area contributed by atoms with Gasteiger partial charge in [0.05, 0.1) is 32.0 Å². The molecule has 14 nitrogen and oxygen atoms in total. The zero-order chi connectivity index (χ0) is 40.4. The van der Waals surface area contributed by atoms with Crippen LogP contribution in [0.3, 0.4) is 0 Å². The van der Waals surface area contributed by atoms with Crippen LogP contribution in [0.4, 0.5) is 0 Å². The number of rotatable bonds is 28. The Labute approximate surface area is 327 Å². The fraction of sp³-hybridized carbons (Fsp3) is 0.780. The summed E-state index contributed by atoms with van der Waals surface area (Å²) < 4.78 is 22.5. The molecule has 0 aromatic heterocycles. The summed E-state index contributed by atoms with van der Waals surface area (Å²) in [6, 6.07) is -0.934. The fourth-order valence-electron chi connectivity index (χ4n) is 6.27. The summed E-state index contributed by atoms with van der Waals surface area (Å²) in [6.45, 7) is 2.55. The maximum Gasteiger partial charge on any atom is 0.220 e. The molecule has 0 saturated carbocycles. The number of ether oxygens (including phenoxy) is 4. The van der Waals surface area contributed by atoms with E-state index in [1.807, 2.05) is 6.08 Å². The number of aliphatic hydroxyl groups is 8. The molecule has 2 fully saturated rings. The van der Waals surface area contributed by atoms with Crippen LogP contribution >= 0.6 is 0 Å². The quantitative estimate of drug-likeness (QED) is 0.0411. The Bertz CT molecular complexity index is 1120. The monoisotopic (exact) mass is 785 g/mol. The lowest BCUT2D eigenvalue weighted by molar-refractivity contribution is -0.359. The van der Waals surface area contributed by atoms with Gasteiger partial charge in [-0.3, -0.25) is 4.79 Å². The van der Waals surface area contributed by atoms with E-state index in [0.29, 0.717) is 12.8 Å². The molecule has 2 saturated heterocycles. The first-order valence-corrected chi connectivity index (χ1v) is 20.4. The molecule has 12 unspecified atom stereocenters. The molecule has 0 radical (unpaired) electrons. The number of aliphatic hydroxyl groups excluding tert-OH is 8. The van der Waals surface area contributed by atoms with Crippen molar-refractivity contribution in [2.75, 3.05) is 19.8 Å². The molecule has 12 atom stereocenters. The molecule has 0 aromatic rings. The Morgan fingerprint density at radius 1 is 0.655 bits per heavy atom. The predicted molar refractivity (Wildman–Crippen MR) is 207 cm³/mol. The maximum absolute atomic E-state index is 13.0. The van der Waals surface area contributed by atoms with Crippen LogP contribution in [0.5, 0.6) is 0 Å². The molecule has 2 aliphatic rings. The Morgan fingerprint density at radius 2 is 1.25 bits per heavy atom. The van der Waals surface area contributed by atoms with Gasteiger partial charge in [0.1, 0.15) is 48.8 Å². The Hall–Kier alpha value is -2.05. The minimum Gasteiger partial charge on any atom is -0.394 e. The highest BCUT2D eigenvalue weighted by molar-refractivity contribution is 5.76. The van der Waals surface area contributed by atoms with E-state index >= 15 is 0 Å². The second-order valence-electron chi connectivity index (χ2n) is 14.4. The van der Waals surface area contributed by atoms with E-state index < -0.39 is 86.8 Å². The predicted octanol–water partition coefficient (Wildman–Crippen LogP) is 2.59. The van der Waals surface area contributed by atoms with Crippen molar-refractivity contribution in [1.29, 1.82) is 0 Å². The van der Waals surface area contributed by atoms with Crippen molar-refractivity contribution in [3.8, 4) is 0 Å². The van der Waals surface area contributed by atoms with Gasteiger partial charge in [0, 0.05) is 6.42 Å². The molecule has 2 heterocycles. The minimum atomic E-state index is -1.79. The van der Waals surface area contributed by atoms with Gasteiger partial charge in [-0.25, -0.2) is 0 Å². The average Bonchev–Trinajstić information content (AvgIpc) is 3.18. The van der Waals surface area contributed by atoms with Gasteiger partial charge >= 0.3 is 0 Å². The molecule has 14 heteroatoms. The number of nitrogens with one attached hydrogen (secondary N) is 1. The van der Waals surface area contributed by atoms with E-state index in [9.17, 15) is 45.6 Å². The number of hydrogen-bond acceptors (Lipinski definition) is 13. The summed E-state index contributed by atoms with van der Waals surface area (Å²) >= 11 is 0. The lowest BCUT2D eigenvalue weighted by Gasteiger charge is -2.46. The van der Waals surface area contributed by atoms with Crippen LogP contribution < -0.4 is 5.32 Å². The van der Waals surface area contributed by atoms with Gasteiger partial charge in [0.25, 0.3) is 0 Å². The van der Waals surface area contributed by atoms with Crippen LogP contribution in [0, 0.1) is 0 Å². The second-order valence-corrected chi connectivity index (χ2v) is 14.4. The normalized spacial score (nSPS) is 30.2. The molecule has 1 amide bonds. The summed E-state index contributed by atoms with van der Waals surface area (Å²) in [7, 11) is 0. The number of unbranched alkanes of at least 4 members (excludes halogenated alkanes) is 9. The first-order valence-electron chi connectivity index (χ1n) is 20.4. The van der Waals surface area contributed by atoms with E-state index in [-0.39, 0.29) is 18.9 Å². The highest BCUT2D eigenvalue weighted by Crippen LogP contribution is 2.29. The summed E-state index contributed by atoms with van der Waals surface area (Å²) in [5.41, 5.74) is 0. The van der Waals surface area contributed by atoms with Crippen molar-refractivity contribution in [1.82, 2.24) is 5.32 Å². The van der Waals surface area contributed by atoms with Gasteiger partial charge in [-0.15, -0.1) is 0 Å². The Morgan fingerprint density at radius 3 is 1.96 bits per heavy atom. The molecular weight excluding hydrogens is 714 g/mol. The van der Waals surface area contributed by atoms with Crippen LogP contribution in [-0.4, -0.2) is 140 Å². The van der Waals surface area contributed by atoms with Crippen molar-refractivity contribution in [2.24, 2.45) is 0 Å². The fourth-order valence-corrected chi connectivity index (χ4v) is 6.27. The third-order valence-corrected chi connectivity index (χ3v) is 9.72. The van der Waals surface area contributed by atoms with Crippen molar-refractivity contribution >= 4 is 5.91 Å². The summed E-state index contributed by atoms with van der Waals surface area (Å²) in [4.78, 5) is 13.0. The highest BCUT2D eigenvalue weighted by Gasteiger charge is 2.50. The SMILES string of the molecule is CCC/C=C\C/C=C\CCCCCCCC(=O)NC(COC1OC(CO)C(OC2OC(CO)C(O)C(O)C2O)C(O)C1O)C(O)/C=C/CC/C=C/CCCC. The highest BCUT2D eigenvalue weighted by atomic mass is 16.7. The summed E-state index contributed by atoms with van der Waals surface area (Å²) in [6.07, 6.45) is 13.4. The van der Waals surface area contributed by atoms with Gasteiger partial charge in [0.2, 0.25) is 5.91 Å². The third-order valence-electron chi connectivity index (χ3n) is 9.72. The van der Waals surface area contributed by atoms with Gasteiger partial charge in [-0.1, -0.05) is 101 Å². The van der Waals surface area contributed by atoms with Crippen LogP contribution in [0.25, 0.3) is 0 Å². The zero-order valence-corrected chi connectivity index (χ0v) is 32.9. The molecule has 55 heavy (non-hydrogen) atoms. The molecule has 2 aliphatic heterocycles. The maximum atomic E-state index is 13.0. The summed E-state index contributed by atoms with van der Waals surface area (Å²) in [5, 5.41) is 86.0. The Balaban J connectivity index is 1.95. The summed E-state index contributed by atoms with van der Waals surface area (Å²) in [5.74, 6) is -0.273. The first-order chi connectivity index (χ1) is 26.6. The van der Waals surface area contributed by atoms with Gasteiger partial charge < -0.3 is 65.1 Å². The van der Waals surface area contributed by atoms with Gasteiger partial charge in [0.15, 0.2) is 12.6 Å². The van der Waals surface area contributed by atoms with E-state index in [1.165, 1.54) is 0 Å². The lowest BCUT2D eigenvalue weighted by atomic mass is 9.97. The molecular formula is C41H71NO13. The molecule has 0 bridgehead atoms. The smallest absolute Gasteiger partial charge is 0.220 e. The molecule has 0 aliphatic carbocycles. The molecule has 2 rings (SSSR count). The first kappa shape index (κ1) is 49.1. The van der Waals surface area contributed by atoms with Crippen LogP contribution in [0.2, 0.25) is 0 Å². The van der Waals surface area contributed by atoms with Gasteiger partial charge in [-0.2, -0.15) is 0 Å². The number of amides is 1. The van der Waals surface area contributed by atoms with E-state index in [4.69, 9.17) is 18.9 Å². The average molecular weight is 786 g/mol. The molecule has 9 N–H and O–H groups in total. The van der Waals surface area contributed by atoms with E-state index in [0.717, 1.165) is 77.0 Å². The van der Waals surface area contributed by atoms with Gasteiger partial charge in [-0.05, 0) is 51.4 Å². The zero-order valence-electron chi connectivity index (χ0n) is 32.9. The number of allylic oxidation sites excluding steroid dienone is 7. The Kier molecular flexibility index (Phi) is 26.1. The minimum absolute atomic E-state index is 0.254. The molecule has 318 valence electrons. The van der Waals surface area contributed by atoms with Crippen LogP contribution in [0.15, 0.2) is 48.6 Å². The molecule has 0 aromatic carbocycles. The van der Waals surface area contributed by atoms with E-state index in [2.05, 4.69) is 55.6 Å². The largest absolute Gasteiger partial charge is 0.394 e. The number of hydrogen-bond donors (Lipinski definition) is 9. The lowest BCUT2D eigenvalue weighted by Crippen LogP contribution is -2.65. The number of carbonyl (C=O) groups is 1. The van der Waals surface area contributed by atoms with Crippen molar-refractivity contribution < 1.29 is 64.6 Å². The third kappa shape index (κ3) is 18.4. The topological polar surface area (TPSA) is 228 Å². The van der Waals surface area contributed by atoms with Crippen LogP contribution in [0.1, 0.15) is 110 Å². The standard InChI is InChI=1S/C41H71NO13/c1-3-5-7-9-11-13-14-15-16-17-19-21-23-25-33(46)42-29(30(45)24-22-20-18-12-10-8-6-4-2)28-52-40-38(51)36(49)39(32(27-44)54-40)55-41-37(50)35(48)34(47)31(26-43)53-41/h7,9-10,12-14,22,24,29-32,34-41,43-45,47-51H,3-6,8,11,15-21,23,25-28H2,1-2H3,(H,42,46)/b9-7-,12-10+,14-13-,24-22+.